The van der Waals surface area contributed by atoms with Crippen LogP contribution in [0.15, 0.2) is 72.9 Å². The predicted molar refractivity (Wildman–Crippen MR) is 233 cm³/mol. The number of carbonyl (C=O) groups is 3. The minimum Gasteiger partial charge on any atom is -0.462 e. The van der Waals surface area contributed by atoms with Crippen molar-refractivity contribution in [2.24, 2.45) is 0 Å². The van der Waals surface area contributed by atoms with Gasteiger partial charge in [0.2, 0.25) is 0 Å². The summed E-state index contributed by atoms with van der Waals surface area (Å²) < 4.78 is 16.6. The van der Waals surface area contributed by atoms with Gasteiger partial charge in [-0.15, -0.1) is 0 Å². The number of carbonyl (C=O) groups excluding carboxylic acids is 3. The van der Waals surface area contributed by atoms with Crippen molar-refractivity contribution < 1.29 is 28.6 Å². The van der Waals surface area contributed by atoms with Crippen molar-refractivity contribution in [1.29, 1.82) is 0 Å². The van der Waals surface area contributed by atoms with Gasteiger partial charge in [0, 0.05) is 19.3 Å². The fraction of sp³-hybridized carbons (Fsp3) is 0.694. The molecule has 1 unspecified atom stereocenters. The van der Waals surface area contributed by atoms with E-state index in [1.807, 2.05) is 54.7 Å². The van der Waals surface area contributed by atoms with E-state index < -0.39 is 6.10 Å². The molecule has 0 N–H and O–H groups in total. The van der Waals surface area contributed by atoms with Crippen LogP contribution in [-0.2, 0) is 28.6 Å². The molecule has 0 saturated carbocycles. The lowest BCUT2D eigenvalue weighted by Crippen LogP contribution is -2.30. The summed E-state index contributed by atoms with van der Waals surface area (Å²) in [5.74, 6) is -1.03. The van der Waals surface area contributed by atoms with E-state index in [1.54, 1.807) is 0 Å². The van der Waals surface area contributed by atoms with Gasteiger partial charge in [0.25, 0.3) is 0 Å². The lowest BCUT2D eigenvalue weighted by Gasteiger charge is -2.18. The number of hydrogen-bond acceptors (Lipinski definition) is 6. The summed E-state index contributed by atoms with van der Waals surface area (Å²) in [5, 5.41) is 0. The van der Waals surface area contributed by atoms with Gasteiger partial charge in [0.1, 0.15) is 13.2 Å². The van der Waals surface area contributed by atoms with Crippen molar-refractivity contribution in [2.75, 3.05) is 13.2 Å². The summed E-state index contributed by atoms with van der Waals surface area (Å²) >= 11 is 0. The Morgan fingerprint density at radius 1 is 0.382 bits per heavy atom. The molecule has 0 bridgehead atoms. The average Bonchev–Trinajstić information content (AvgIpc) is 3.18. The van der Waals surface area contributed by atoms with Crippen molar-refractivity contribution >= 4 is 17.9 Å². The lowest BCUT2D eigenvalue weighted by molar-refractivity contribution is -0.167. The number of allylic oxidation sites excluding steroid dienone is 12. The van der Waals surface area contributed by atoms with Gasteiger partial charge in [0.05, 0.1) is 0 Å². The third kappa shape index (κ3) is 41.8. The summed E-state index contributed by atoms with van der Waals surface area (Å²) in [5.41, 5.74) is 0. The van der Waals surface area contributed by atoms with E-state index in [0.29, 0.717) is 25.7 Å². The number of hydrogen-bond donors (Lipinski definition) is 0. The second kappa shape index (κ2) is 43.6. The van der Waals surface area contributed by atoms with E-state index >= 15 is 0 Å². The van der Waals surface area contributed by atoms with Gasteiger partial charge >= 0.3 is 17.9 Å². The first-order valence-electron chi connectivity index (χ1n) is 22.5. The Bertz CT molecular complexity index is 1070. The van der Waals surface area contributed by atoms with Crippen LogP contribution < -0.4 is 0 Å². The van der Waals surface area contributed by atoms with Crippen LogP contribution >= 0.6 is 0 Å². The zero-order valence-electron chi connectivity index (χ0n) is 35.7. The minimum atomic E-state index is -0.818. The van der Waals surface area contributed by atoms with Crippen molar-refractivity contribution in [2.45, 2.75) is 207 Å². The van der Waals surface area contributed by atoms with Crippen LogP contribution in [0.5, 0.6) is 0 Å². The Morgan fingerprint density at radius 2 is 0.745 bits per heavy atom. The van der Waals surface area contributed by atoms with Gasteiger partial charge in [-0.2, -0.15) is 0 Å². The Kier molecular flexibility index (Phi) is 41.1. The maximum Gasteiger partial charge on any atom is 0.306 e. The van der Waals surface area contributed by atoms with E-state index in [-0.39, 0.29) is 37.5 Å². The smallest absolute Gasteiger partial charge is 0.306 e. The SMILES string of the molecule is CC\C=C/C=C\C=C/C=C\C=C/CCCC(=O)OC(COC(=O)CCC/C=C\CCCCCC)COC(=O)CCCCCCCCCCCCCCCCC. The van der Waals surface area contributed by atoms with E-state index in [9.17, 15) is 14.4 Å². The molecule has 0 spiro atoms. The van der Waals surface area contributed by atoms with Crippen molar-refractivity contribution in [3.05, 3.63) is 72.9 Å². The van der Waals surface area contributed by atoms with Gasteiger partial charge in [-0.3, -0.25) is 14.4 Å². The normalized spacial score (nSPS) is 12.7. The van der Waals surface area contributed by atoms with Gasteiger partial charge in [-0.25, -0.2) is 0 Å². The highest BCUT2D eigenvalue weighted by Crippen LogP contribution is 2.14. The van der Waals surface area contributed by atoms with E-state index in [1.165, 1.54) is 103 Å². The number of ether oxygens (including phenoxy) is 3. The van der Waals surface area contributed by atoms with Gasteiger partial charge in [0.15, 0.2) is 6.10 Å². The monoisotopic (exact) mass is 767 g/mol. The second-order valence-corrected chi connectivity index (χ2v) is 14.7. The topological polar surface area (TPSA) is 78.9 Å². The molecule has 0 rings (SSSR count). The first-order valence-corrected chi connectivity index (χ1v) is 22.5. The quantitative estimate of drug-likeness (QED) is 0.0204. The number of unbranched alkanes of at least 4 members (excludes halogenated alkanes) is 20. The first-order chi connectivity index (χ1) is 27.0. The zero-order valence-corrected chi connectivity index (χ0v) is 35.7. The van der Waals surface area contributed by atoms with E-state index in [2.05, 4.69) is 39.0 Å². The third-order valence-electron chi connectivity index (χ3n) is 9.32. The third-order valence-corrected chi connectivity index (χ3v) is 9.32. The molecule has 0 aliphatic heterocycles. The molecule has 0 radical (unpaired) electrons. The largest absolute Gasteiger partial charge is 0.462 e. The number of rotatable bonds is 39. The van der Waals surface area contributed by atoms with Crippen LogP contribution in [0.25, 0.3) is 0 Å². The Labute approximate surface area is 338 Å². The molecule has 314 valence electrons. The molecule has 6 nitrogen and oxygen atoms in total. The molecule has 0 aromatic rings. The standard InChI is InChI=1S/C49H82O6/c1-4-7-10-13-16-19-21-23-24-26-27-30-33-36-39-42-48(51)54-45-46(44-53-47(50)41-38-35-32-29-18-15-12-9-6-3)55-49(52)43-40-37-34-31-28-25-22-20-17-14-11-8-5-2/h8,11,14,17,20,22,25,28-29,31-32,34,46H,4-7,9-10,12-13,15-16,18-19,21,23-24,26-27,30,33,35-45H2,1-3H3/b11-8-,17-14-,22-20-,28-25-,32-29-,34-31-. The molecule has 0 heterocycles. The summed E-state index contributed by atoms with van der Waals surface area (Å²) in [7, 11) is 0. The van der Waals surface area contributed by atoms with Gasteiger partial charge < -0.3 is 14.2 Å². The second-order valence-electron chi connectivity index (χ2n) is 14.7. The maximum absolute atomic E-state index is 12.7. The molecular weight excluding hydrogens is 685 g/mol. The molecule has 0 amide bonds. The van der Waals surface area contributed by atoms with E-state index in [4.69, 9.17) is 14.2 Å². The van der Waals surface area contributed by atoms with Crippen LogP contribution in [0.2, 0.25) is 0 Å². The van der Waals surface area contributed by atoms with Crippen LogP contribution in [0, 0.1) is 0 Å². The predicted octanol–water partition coefficient (Wildman–Crippen LogP) is 14.3. The molecular formula is C49H82O6. The minimum absolute atomic E-state index is 0.111. The Balaban J connectivity index is 4.48. The lowest BCUT2D eigenvalue weighted by atomic mass is 10.0. The highest BCUT2D eigenvalue weighted by molar-refractivity contribution is 5.71. The molecule has 0 aromatic heterocycles. The average molecular weight is 767 g/mol. The zero-order chi connectivity index (χ0) is 40.1. The molecule has 0 fully saturated rings. The fourth-order valence-electron chi connectivity index (χ4n) is 5.95. The summed E-state index contributed by atoms with van der Waals surface area (Å²) in [6.45, 7) is 6.35. The van der Waals surface area contributed by atoms with Crippen molar-refractivity contribution in [3.63, 3.8) is 0 Å². The molecule has 6 heteroatoms. The van der Waals surface area contributed by atoms with Crippen molar-refractivity contribution in [1.82, 2.24) is 0 Å². The highest BCUT2D eigenvalue weighted by atomic mass is 16.6. The Morgan fingerprint density at radius 3 is 1.24 bits per heavy atom. The van der Waals surface area contributed by atoms with Crippen LogP contribution in [0.4, 0.5) is 0 Å². The van der Waals surface area contributed by atoms with Crippen LogP contribution in [0.1, 0.15) is 201 Å². The molecule has 0 aromatic carbocycles. The number of esters is 3. The fourth-order valence-corrected chi connectivity index (χ4v) is 5.95. The molecule has 0 saturated heterocycles. The molecule has 0 aliphatic carbocycles. The van der Waals surface area contributed by atoms with Crippen LogP contribution in [0.3, 0.4) is 0 Å². The van der Waals surface area contributed by atoms with Gasteiger partial charge in [-0.1, -0.05) is 203 Å². The Hall–Kier alpha value is -3.15. The first kappa shape index (κ1) is 51.9. The molecule has 0 aliphatic rings. The van der Waals surface area contributed by atoms with Crippen molar-refractivity contribution in [3.8, 4) is 0 Å². The highest BCUT2D eigenvalue weighted by Gasteiger charge is 2.19. The van der Waals surface area contributed by atoms with Crippen LogP contribution in [-0.4, -0.2) is 37.2 Å². The maximum atomic E-state index is 12.7. The van der Waals surface area contributed by atoms with Gasteiger partial charge in [-0.05, 0) is 51.4 Å². The molecule has 1 atom stereocenters. The summed E-state index contributed by atoms with van der Waals surface area (Å²) in [4.78, 5) is 37.6. The molecule has 55 heavy (non-hydrogen) atoms. The summed E-state index contributed by atoms with van der Waals surface area (Å²) in [6.07, 6.45) is 53.3. The van der Waals surface area contributed by atoms with E-state index in [0.717, 1.165) is 44.9 Å². The summed E-state index contributed by atoms with van der Waals surface area (Å²) in [6, 6.07) is 0.